The Balaban J connectivity index is 1.41. The molecule has 156 valence electrons. The summed E-state index contributed by atoms with van der Waals surface area (Å²) in [5.41, 5.74) is 1.29. The van der Waals surface area contributed by atoms with E-state index in [9.17, 15) is 9.59 Å². The van der Waals surface area contributed by atoms with Crippen LogP contribution in [0.5, 0.6) is 0 Å². The van der Waals surface area contributed by atoms with E-state index in [-0.39, 0.29) is 11.9 Å². The van der Waals surface area contributed by atoms with Gasteiger partial charge >= 0.3 is 6.03 Å². The van der Waals surface area contributed by atoms with Gasteiger partial charge in [0.05, 0.1) is 6.54 Å². The third-order valence-corrected chi connectivity index (χ3v) is 6.40. The highest BCUT2D eigenvalue weighted by Gasteiger charge is 2.56. The summed E-state index contributed by atoms with van der Waals surface area (Å²) in [4.78, 5) is 31.4. The van der Waals surface area contributed by atoms with Gasteiger partial charge in [0, 0.05) is 31.7 Å². The molecule has 0 bridgehead atoms. The minimum Gasteiger partial charge on any atom is -0.312 e. The van der Waals surface area contributed by atoms with Crippen molar-refractivity contribution < 1.29 is 9.59 Å². The van der Waals surface area contributed by atoms with Crippen LogP contribution in [-0.4, -0.2) is 58.9 Å². The number of amides is 3. The molecule has 4 rings (SSSR count). The van der Waals surface area contributed by atoms with Gasteiger partial charge in [0.1, 0.15) is 5.54 Å². The molecular formula is C24H26ClN3O2. The van der Waals surface area contributed by atoms with Crippen LogP contribution < -0.4 is 0 Å². The molecule has 2 saturated heterocycles. The summed E-state index contributed by atoms with van der Waals surface area (Å²) < 4.78 is 0. The van der Waals surface area contributed by atoms with E-state index in [1.807, 2.05) is 66.7 Å². The zero-order chi connectivity index (χ0) is 21.1. The lowest BCUT2D eigenvalue weighted by atomic mass is 9.86. The smallest absolute Gasteiger partial charge is 0.312 e. The first-order chi connectivity index (χ1) is 14.5. The third kappa shape index (κ3) is 4.00. The number of nitrogens with zero attached hydrogens (tertiary/aromatic N) is 3. The predicted molar refractivity (Wildman–Crippen MR) is 119 cm³/mol. The number of benzene rings is 2. The van der Waals surface area contributed by atoms with Crippen LogP contribution in [0.25, 0.3) is 6.08 Å². The Morgan fingerprint density at radius 1 is 1.00 bits per heavy atom. The lowest BCUT2D eigenvalue weighted by Crippen LogP contribution is -2.55. The van der Waals surface area contributed by atoms with Crippen molar-refractivity contribution in [3.8, 4) is 0 Å². The van der Waals surface area contributed by atoms with Crippen LogP contribution in [0.1, 0.15) is 24.0 Å². The second-order valence-electron chi connectivity index (χ2n) is 8.03. The first kappa shape index (κ1) is 20.6. The molecule has 0 radical (unpaired) electrons. The van der Waals surface area contributed by atoms with E-state index in [1.165, 1.54) is 4.90 Å². The summed E-state index contributed by atoms with van der Waals surface area (Å²) in [5, 5.41) is 0.769. The van der Waals surface area contributed by atoms with Gasteiger partial charge in [0.25, 0.3) is 5.91 Å². The lowest BCUT2D eigenvalue weighted by Gasteiger charge is -2.40. The quantitative estimate of drug-likeness (QED) is 0.677. The van der Waals surface area contributed by atoms with Crippen molar-refractivity contribution in [2.45, 2.75) is 24.9 Å². The highest BCUT2D eigenvalue weighted by atomic mass is 35.5. The van der Waals surface area contributed by atoms with Gasteiger partial charge < -0.3 is 4.90 Å². The van der Waals surface area contributed by atoms with Gasteiger partial charge in [0.15, 0.2) is 0 Å². The number of piperidine rings is 1. The molecular weight excluding hydrogens is 398 g/mol. The molecule has 0 aromatic heterocycles. The van der Waals surface area contributed by atoms with E-state index in [0.29, 0.717) is 25.9 Å². The van der Waals surface area contributed by atoms with Crippen molar-refractivity contribution in [3.05, 3.63) is 76.8 Å². The first-order valence-corrected chi connectivity index (χ1v) is 10.6. The summed E-state index contributed by atoms with van der Waals surface area (Å²) in [5.74, 6) is -0.0792. The summed E-state index contributed by atoms with van der Waals surface area (Å²) in [7, 11) is 1.75. The van der Waals surface area contributed by atoms with Crippen LogP contribution in [0, 0.1) is 0 Å². The molecule has 2 fully saturated rings. The number of likely N-dealkylation sites (N-methyl/N-ethyl adjacent to an activating group) is 1. The number of hydrogen-bond acceptors (Lipinski definition) is 3. The molecule has 1 spiro atoms. The van der Waals surface area contributed by atoms with Crippen LogP contribution in [0.15, 0.2) is 65.7 Å². The van der Waals surface area contributed by atoms with E-state index in [0.717, 1.165) is 29.2 Å². The molecule has 0 saturated carbocycles. The molecule has 2 heterocycles. The molecule has 0 aliphatic carbocycles. The highest BCUT2D eigenvalue weighted by molar-refractivity contribution is 6.31. The molecule has 0 N–H and O–H groups in total. The highest BCUT2D eigenvalue weighted by Crippen LogP contribution is 2.37. The van der Waals surface area contributed by atoms with Gasteiger partial charge in [-0.25, -0.2) is 4.79 Å². The van der Waals surface area contributed by atoms with Crippen LogP contribution in [0.4, 0.5) is 4.79 Å². The monoisotopic (exact) mass is 423 g/mol. The maximum atomic E-state index is 13.3. The second-order valence-corrected chi connectivity index (χ2v) is 8.51. The number of halogens is 1. The molecule has 0 unspecified atom stereocenters. The zero-order valence-electron chi connectivity index (χ0n) is 17.1. The molecule has 2 aliphatic rings. The van der Waals surface area contributed by atoms with Gasteiger partial charge in [-0.15, -0.1) is 0 Å². The molecule has 2 aromatic carbocycles. The minimum atomic E-state index is -0.738. The van der Waals surface area contributed by atoms with Gasteiger partial charge in [0.2, 0.25) is 0 Å². The van der Waals surface area contributed by atoms with E-state index >= 15 is 0 Å². The lowest BCUT2D eigenvalue weighted by molar-refractivity contribution is -0.135. The molecule has 0 atom stereocenters. The van der Waals surface area contributed by atoms with Crippen LogP contribution in [0.3, 0.4) is 0 Å². The largest absolute Gasteiger partial charge is 0.327 e. The number of hydrogen-bond donors (Lipinski definition) is 0. The molecule has 6 heteroatoms. The fourth-order valence-electron chi connectivity index (χ4n) is 4.37. The van der Waals surface area contributed by atoms with E-state index in [1.54, 1.807) is 11.9 Å². The number of imide groups is 1. The van der Waals surface area contributed by atoms with E-state index in [2.05, 4.69) is 4.90 Å². The minimum absolute atomic E-state index is 0.0792. The SMILES string of the molecule is CN1C(=O)N(Cc2ccccc2)C(=O)C12CCN(CC(Cl)=Cc1ccccc1)CC2. The first-order valence-electron chi connectivity index (χ1n) is 10.3. The fourth-order valence-corrected chi connectivity index (χ4v) is 4.67. The zero-order valence-corrected chi connectivity index (χ0v) is 17.9. The fraction of sp³-hybridized carbons (Fsp3) is 0.333. The molecule has 30 heavy (non-hydrogen) atoms. The molecule has 2 aromatic rings. The normalized spacial score (nSPS) is 19.7. The number of urea groups is 1. The summed E-state index contributed by atoms with van der Waals surface area (Å²) in [6.07, 6.45) is 3.22. The van der Waals surface area contributed by atoms with Crippen molar-refractivity contribution in [2.24, 2.45) is 0 Å². The van der Waals surface area contributed by atoms with Gasteiger partial charge in [-0.2, -0.15) is 0 Å². The Bertz CT molecular complexity index is 937. The Labute approximate surface area is 182 Å². The maximum Gasteiger partial charge on any atom is 0.327 e. The number of rotatable bonds is 5. The summed E-state index contributed by atoms with van der Waals surface area (Å²) >= 11 is 6.47. The van der Waals surface area contributed by atoms with Crippen molar-refractivity contribution in [1.82, 2.24) is 14.7 Å². The Morgan fingerprint density at radius 2 is 1.60 bits per heavy atom. The Morgan fingerprint density at radius 3 is 2.23 bits per heavy atom. The third-order valence-electron chi connectivity index (χ3n) is 6.17. The number of likely N-dealkylation sites (tertiary alicyclic amines) is 1. The van der Waals surface area contributed by atoms with Crippen LogP contribution in [0.2, 0.25) is 0 Å². The Kier molecular flexibility index (Phi) is 5.93. The van der Waals surface area contributed by atoms with Crippen molar-refractivity contribution >= 4 is 29.6 Å². The van der Waals surface area contributed by atoms with Gasteiger partial charge in [-0.3, -0.25) is 14.6 Å². The van der Waals surface area contributed by atoms with Crippen molar-refractivity contribution in [2.75, 3.05) is 26.7 Å². The standard InChI is InChI=1S/C24H26ClN3O2/c1-26-23(30)28(17-20-10-6-3-7-11-20)22(29)24(26)12-14-27(15-13-24)18-21(25)16-19-8-4-2-5-9-19/h2-11,16H,12-15,17-18H2,1H3. The van der Waals surface area contributed by atoms with Crippen molar-refractivity contribution in [3.63, 3.8) is 0 Å². The molecule has 5 nitrogen and oxygen atoms in total. The van der Waals surface area contributed by atoms with E-state index < -0.39 is 5.54 Å². The average Bonchev–Trinajstić information content (AvgIpc) is 2.93. The topological polar surface area (TPSA) is 43.9 Å². The van der Waals surface area contributed by atoms with Crippen molar-refractivity contribution in [1.29, 1.82) is 0 Å². The Hall–Kier alpha value is -2.63. The predicted octanol–water partition coefficient (Wildman–Crippen LogP) is 4.20. The number of carbonyl (C=O) groups is 2. The number of carbonyl (C=O) groups excluding carboxylic acids is 2. The maximum absolute atomic E-state index is 13.3. The van der Waals surface area contributed by atoms with E-state index in [4.69, 9.17) is 11.6 Å². The molecule has 3 amide bonds. The summed E-state index contributed by atoms with van der Waals surface area (Å²) in [6.45, 7) is 2.41. The summed E-state index contributed by atoms with van der Waals surface area (Å²) in [6, 6.07) is 19.4. The molecule has 2 aliphatic heterocycles. The van der Waals surface area contributed by atoms with Gasteiger partial charge in [-0.05, 0) is 30.0 Å². The van der Waals surface area contributed by atoms with Crippen LogP contribution in [-0.2, 0) is 11.3 Å². The second kappa shape index (κ2) is 8.62. The van der Waals surface area contributed by atoms with Crippen LogP contribution >= 0.6 is 11.6 Å². The average molecular weight is 424 g/mol. The van der Waals surface area contributed by atoms with Gasteiger partial charge in [-0.1, -0.05) is 72.3 Å².